The monoisotopic (exact) mass is 145 g/mol. The van der Waals surface area contributed by atoms with Gasteiger partial charge in [-0.15, -0.1) is 0 Å². The van der Waals surface area contributed by atoms with Crippen LogP contribution in [-0.4, -0.2) is 41.4 Å². The third-order valence-electron chi connectivity index (χ3n) is 2.47. The first-order chi connectivity index (χ1) is 4.75. The summed E-state index contributed by atoms with van der Waals surface area (Å²) >= 11 is 0. The Morgan fingerprint density at radius 3 is 2.80 bits per heavy atom. The second kappa shape index (κ2) is 2.17. The SMILES string of the molecule is OC1CC2CC(F)CN2C1. The Balaban J connectivity index is 2.00. The van der Waals surface area contributed by atoms with Crippen LogP contribution in [0.1, 0.15) is 12.8 Å². The molecule has 3 heteroatoms. The van der Waals surface area contributed by atoms with E-state index in [2.05, 4.69) is 4.90 Å². The molecule has 58 valence electrons. The molecule has 3 atom stereocenters. The van der Waals surface area contributed by atoms with Gasteiger partial charge in [0.05, 0.1) is 6.10 Å². The first kappa shape index (κ1) is 6.55. The molecule has 3 unspecified atom stereocenters. The van der Waals surface area contributed by atoms with Crippen LogP contribution in [0.4, 0.5) is 4.39 Å². The summed E-state index contributed by atoms with van der Waals surface area (Å²) in [5.41, 5.74) is 0. The molecule has 0 aromatic carbocycles. The summed E-state index contributed by atoms with van der Waals surface area (Å²) in [6, 6.07) is 0.338. The molecule has 2 nitrogen and oxygen atoms in total. The molecule has 0 aromatic rings. The van der Waals surface area contributed by atoms with Crippen molar-refractivity contribution in [2.24, 2.45) is 0 Å². The number of fused-ring (bicyclic) bond motifs is 1. The number of aliphatic hydroxyl groups excluding tert-OH is 1. The van der Waals surface area contributed by atoms with Crippen molar-refractivity contribution >= 4 is 0 Å². The fourth-order valence-corrected chi connectivity index (χ4v) is 2.05. The van der Waals surface area contributed by atoms with Gasteiger partial charge < -0.3 is 5.11 Å². The minimum absolute atomic E-state index is 0.197. The fraction of sp³-hybridized carbons (Fsp3) is 1.00. The van der Waals surface area contributed by atoms with E-state index in [0.29, 0.717) is 25.6 Å². The molecule has 1 N–H and O–H groups in total. The summed E-state index contributed by atoms with van der Waals surface area (Å²) < 4.78 is 12.6. The number of alkyl halides is 1. The van der Waals surface area contributed by atoms with Crippen molar-refractivity contribution in [1.82, 2.24) is 4.90 Å². The number of hydrogen-bond donors (Lipinski definition) is 1. The molecular weight excluding hydrogens is 133 g/mol. The normalized spacial score (nSPS) is 48.0. The van der Waals surface area contributed by atoms with E-state index < -0.39 is 6.17 Å². The first-order valence-corrected chi connectivity index (χ1v) is 3.82. The quantitative estimate of drug-likeness (QED) is 0.525. The molecule has 0 spiro atoms. The summed E-state index contributed by atoms with van der Waals surface area (Å²) in [6.45, 7) is 1.23. The largest absolute Gasteiger partial charge is 0.392 e. The van der Waals surface area contributed by atoms with Crippen LogP contribution in [-0.2, 0) is 0 Å². The van der Waals surface area contributed by atoms with Crippen molar-refractivity contribution in [3.05, 3.63) is 0 Å². The van der Waals surface area contributed by atoms with E-state index in [1.807, 2.05) is 0 Å². The van der Waals surface area contributed by atoms with E-state index in [-0.39, 0.29) is 6.10 Å². The molecule has 2 rings (SSSR count). The highest BCUT2D eigenvalue weighted by Gasteiger charge is 2.38. The zero-order chi connectivity index (χ0) is 7.14. The second-order valence-corrected chi connectivity index (χ2v) is 3.33. The maximum absolute atomic E-state index is 12.6. The molecule has 2 saturated heterocycles. The van der Waals surface area contributed by atoms with Gasteiger partial charge in [-0.2, -0.15) is 0 Å². The molecule has 2 heterocycles. The highest BCUT2D eigenvalue weighted by Crippen LogP contribution is 2.29. The van der Waals surface area contributed by atoms with Crippen LogP contribution in [0, 0.1) is 0 Å². The molecule has 0 amide bonds. The van der Waals surface area contributed by atoms with Crippen molar-refractivity contribution in [2.45, 2.75) is 31.2 Å². The Morgan fingerprint density at radius 1 is 1.30 bits per heavy atom. The molecule has 10 heavy (non-hydrogen) atoms. The zero-order valence-corrected chi connectivity index (χ0v) is 5.83. The van der Waals surface area contributed by atoms with Gasteiger partial charge in [-0.1, -0.05) is 0 Å². The highest BCUT2D eigenvalue weighted by molar-refractivity contribution is 4.93. The van der Waals surface area contributed by atoms with Crippen molar-refractivity contribution in [3.8, 4) is 0 Å². The van der Waals surface area contributed by atoms with E-state index in [1.54, 1.807) is 0 Å². The number of halogens is 1. The summed E-state index contributed by atoms with van der Waals surface area (Å²) in [6.07, 6.45) is 0.576. The van der Waals surface area contributed by atoms with Gasteiger partial charge in [-0.3, -0.25) is 4.90 Å². The van der Waals surface area contributed by atoms with Crippen LogP contribution >= 0.6 is 0 Å². The van der Waals surface area contributed by atoms with Crippen molar-refractivity contribution < 1.29 is 9.50 Å². The molecule has 2 aliphatic rings. The second-order valence-electron chi connectivity index (χ2n) is 3.33. The number of hydrogen-bond acceptors (Lipinski definition) is 2. The Bertz CT molecular complexity index is 114. The average Bonchev–Trinajstić information content (AvgIpc) is 2.21. The predicted octanol–water partition coefficient (Wildman–Crippen LogP) is 0.163. The van der Waals surface area contributed by atoms with Gasteiger partial charge in [0.2, 0.25) is 0 Å². The molecule has 2 aliphatic heterocycles. The molecule has 0 aliphatic carbocycles. The topological polar surface area (TPSA) is 23.5 Å². The van der Waals surface area contributed by atoms with Crippen molar-refractivity contribution in [3.63, 3.8) is 0 Å². The Morgan fingerprint density at radius 2 is 2.10 bits per heavy atom. The smallest absolute Gasteiger partial charge is 0.114 e. The molecule has 2 fully saturated rings. The lowest BCUT2D eigenvalue weighted by atomic mass is 10.1. The summed E-state index contributed by atoms with van der Waals surface area (Å²) in [5.74, 6) is 0. The lowest BCUT2D eigenvalue weighted by molar-refractivity contribution is 0.170. The number of aliphatic hydroxyl groups is 1. The van der Waals surface area contributed by atoms with Gasteiger partial charge in [0.1, 0.15) is 6.17 Å². The molecular formula is C7H12FNO. The fourth-order valence-electron chi connectivity index (χ4n) is 2.05. The van der Waals surface area contributed by atoms with Crippen LogP contribution in [0.3, 0.4) is 0 Å². The van der Waals surface area contributed by atoms with Crippen LogP contribution in [0.5, 0.6) is 0 Å². The molecule has 0 radical (unpaired) electrons. The standard InChI is InChI=1S/C7H12FNO/c8-5-1-6-2-7(10)4-9(6)3-5/h5-7,10H,1-4H2. The number of rotatable bonds is 0. The van der Waals surface area contributed by atoms with Crippen LogP contribution < -0.4 is 0 Å². The van der Waals surface area contributed by atoms with Gasteiger partial charge >= 0.3 is 0 Å². The minimum Gasteiger partial charge on any atom is -0.392 e. The maximum atomic E-state index is 12.6. The molecule has 0 saturated carbocycles. The molecule has 0 aromatic heterocycles. The van der Waals surface area contributed by atoms with Crippen LogP contribution in [0.25, 0.3) is 0 Å². The van der Waals surface area contributed by atoms with Gasteiger partial charge in [0.15, 0.2) is 0 Å². The van der Waals surface area contributed by atoms with Crippen LogP contribution in [0.15, 0.2) is 0 Å². The van der Waals surface area contributed by atoms with Crippen molar-refractivity contribution in [1.29, 1.82) is 0 Å². The maximum Gasteiger partial charge on any atom is 0.114 e. The Labute approximate surface area is 59.6 Å². The first-order valence-electron chi connectivity index (χ1n) is 3.82. The predicted molar refractivity (Wildman–Crippen MR) is 35.5 cm³/mol. The van der Waals surface area contributed by atoms with E-state index in [9.17, 15) is 4.39 Å². The number of nitrogens with zero attached hydrogens (tertiary/aromatic N) is 1. The summed E-state index contributed by atoms with van der Waals surface area (Å²) in [5, 5.41) is 9.16. The van der Waals surface area contributed by atoms with Crippen LogP contribution in [0.2, 0.25) is 0 Å². The van der Waals surface area contributed by atoms with Gasteiger partial charge in [-0.05, 0) is 12.8 Å². The lowest BCUT2D eigenvalue weighted by Gasteiger charge is -2.11. The third kappa shape index (κ3) is 0.935. The van der Waals surface area contributed by atoms with E-state index in [1.165, 1.54) is 0 Å². The van der Waals surface area contributed by atoms with E-state index in [0.717, 1.165) is 6.42 Å². The average molecular weight is 145 g/mol. The lowest BCUT2D eigenvalue weighted by Crippen LogP contribution is -2.24. The van der Waals surface area contributed by atoms with Gasteiger partial charge in [-0.25, -0.2) is 4.39 Å². The van der Waals surface area contributed by atoms with E-state index in [4.69, 9.17) is 5.11 Å². The summed E-state index contributed by atoms with van der Waals surface area (Å²) in [7, 11) is 0. The van der Waals surface area contributed by atoms with Gasteiger partial charge in [0, 0.05) is 19.1 Å². The summed E-state index contributed by atoms with van der Waals surface area (Å²) in [4.78, 5) is 2.05. The van der Waals surface area contributed by atoms with E-state index >= 15 is 0 Å². The van der Waals surface area contributed by atoms with Gasteiger partial charge in [0.25, 0.3) is 0 Å². The zero-order valence-electron chi connectivity index (χ0n) is 5.83. The Kier molecular flexibility index (Phi) is 1.42. The molecule has 0 bridgehead atoms. The third-order valence-corrected chi connectivity index (χ3v) is 2.47. The van der Waals surface area contributed by atoms with Crippen molar-refractivity contribution in [2.75, 3.05) is 13.1 Å². The minimum atomic E-state index is -0.641. The Hall–Kier alpha value is -0.150. The highest BCUT2D eigenvalue weighted by atomic mass is 19.1.